The minimum atomic E-state index is -1.07. The van der Waals surface area contributed by atoms with Crippen LogP contribution in [0.2, 0.25) is 0 Å². The van der Waals surface area contributed by atoms with Crippen LogP contribution in [0.4, 0.5) is 0 Å². The van der Waals surface area contributed by atoms with Gasteiger partial charge in [-0.15, -0.1) is 0 Å². The topological polar surface area (TPSA) is 82.8 Å². The minimum absolute atomic E-state index is 0.0606. The average molecular weight is 316 g/mol. The van der Waals surface area contributed by atoms with Crippen molar-refractivity contribution in [3.63, 3.8) is 0 Å². The molecular formula is C17H20N2O4. The van der Waals surface area contributed by atoms with Crippen molar-refractivity contribution < 1.29 is 19.1 Å². The molecular weight excluding hydrogens is 296 g/mol. The van der Waals surface area contributed by atoms with Gasteiger partial charge in [-0.3, -0.25) is 9.69 Å². The zero-order valence-electron chi connectivity index (χ0n) is 13.2. The summed E-state index contributed by atoms with van der Waals surface area (Å²) in [7, 11) is 0. The smallest absolute Gasteiger partial charge is 0.371 e. The monoisotopic (exact) mass is 316 g/mol. The van der Waals surface area contributed by atoms with Crippen LogP contribution in [0.3, 0.4) is 0 Å². The van der Waals surface area contributed by atoms with E-state index in [1.54, 1.807) is 6.07 Å². The summed E-state index contributed by atoms with van der Waals surface area (Å²) >= 11 is 0. The zero-order valence-corrected chi connectivity index (χ0v) is 13.2. The molecule has 23 heavy (non-hydrogen) atoms. The van der Waals surface area contributed by atoms with Crippen LogP contribution in [0.1, 0.15) is 30.0 Å². The van der Waals surface area contributed by atoms with Crippen LogP contribution in [-0.2, 0) is 11.3 Å². The van der Waals surface area contributed by atoms with Crippen LogP contribution in [-0.4, -0.2) is 41.0 Å². The van der Waals surface area contributed by atoms with Crippen molar-refractivity contribution in [3.8, 4) is 0 Å². The number of piperazine rings is 1. The van der Waals surface area contributed by atoms with E-state index in [1.807, 2.05) is 26.0 Å². The number of nitrogens with zero attached hydrogens (tertiary/aromatic N) is 1. The highest BCUT2D eigenvalue weighted by Gasteiger charge is 2.31. The van der Waals surface area contributed by atoms with Crippen LogP contribution in [0, 0.1) is 5.92 Å². The second-order valence-corrected chi connectivity index (χ2v) is 6.24. The highest BCUT2D eigenvalue weighted by atomic mass is 16.4. The van der Waals surface area contributed by atoms with Crippen molar-refractivity contribution in [2.24, 2.45) is 5.92 Å². The lowest BCUT2D eigenvalue weighted by Crippen LogP contribution is -2.56. The number of amides is 1. The van der Waals surface area contributed by atoms with E-state index in [2.05, 4.69) is 10.2 Å². The molecule has 2 aromatic rings. The highest BCUT2D eigenvalue weighted by Crippen LogP contribution is 2.23. The van der Waals surface area contributed by atoms with Gasteiger partial charge < -0.3 is 14.8 Å². The van der Waals surface area contributed by atoms with Crippen molar-refractivity contribution >= 4 is 22.8 Å². The molecule has 0 aliphatic carbocycles. The number of hydrogen-bond donors (Lipinski definition) is 2. The number of carbonyl (C=O) groups excluding carboxylic acids is 1. The van der Waals surface area contributed by atoms with Crippen molar-refractivity contribution in [2.75, 3.05) is 13.1 Å². The number of nitrogens with one attached hydrogen (secondary N) is 1. The molecule has 1 unspecified atom stereocenters. The third-order valence-electron chi connectivity index (χ3n) is 4.17. The Balaban J connectivity index is 1.85. The first kappa shape index (κ1) is 15.6. The molecule has 6 heteroatoms. The molecule has 1 aromatic heterocycles. The Morgan fingerprint density at radius 3 is 2.91 bits per heavy atom. The maximum atomic E-state index is 12.1. The van der Waals surface area contributed by atoms with Crippen molar-refractivity contribution in [1.82, 2.24) is 10.2 Å². The van der Waals surface area contributed by atoms with E-state index < -0.39 is 5.97 Å². The van der Waals surface area contributed by atoms with E-state index in [-0.39, 0.29) is 23.6 Å². The van der Waals surface area contributed by atoms with Crippen LogP contribution in [0.15, 0.2) is 28.7 Å². The highest BCUT2D eigenvalue weighted by molar-refractivity contribution is 5.91. The Hall–Kier alpha value is -2.34. The van der Waals surface area contributed by atoms with E-state index in [0.717, 1.165) is 17.5 Å². The molecule has 0 spiro atoms. The van der Waals surface area contributed by atoms with Gasteiger partial charge in [0.25, 0.3) is 0 Å². The van der Waals surface area contributed by atoms with E-state index >= 15 is 0 Å². The fourth-order valence-corrected chi connectivity index (χ4v) is 3.17. The SMILES string of the molecule is CC(C)C1C(=O)NCCN1Cc1ccc2oc(C(=O)O)cc2c1. The van der Waals surface area contributed by atoms with Gasteiger partial charge in [0.05, 0.1) is 6.04 Å². The van der Waals surface area contributed by atoms with Crippen LogP contribution in [0.25, 0.3) is 11.0 Å². The van der Waals surface area contributed by atoms with Crippen molar-refractivity contribution in [3.05, 3.63) is 35.6 Å². The lowest BCUT2D eigenvalue weighted by Gasteiger charge is -2.37. The van der Waals surface area contributed by atoms with Gasteiger partial charge in [-0.05, 0) is 29.7 Å². The third kappa shape index (κ3) is 3.07. The first-order valence-electron chi connectivity index (χ1n) is 7.73. The normalized spacial score (nSPS) is 19.3. The molecule has 0 bridgehead atoms. The molecule has 1 fully saturated rings. The summed E-state index contributed by atoms with van der Waals surface area (Å²) in [5, 5.41) is 12.7. The molecule has 0 radical (unpaired) electrons. The van der Waals surface area contributed by atoms with Crippen LogP contribution >= 0.6 is 0 Å². The maximum Gasteiger partial charge on any atom is 0.371 e. The standard InChI is InChI=1S/C17H20N2O4/c1-10(2)15-16(20)18-5-6-19(15)9-11-3-4-13-12(7-11)8-14(23-13)17(21)22/h3-4,7-8,10,15H,5-6,9H2,1-2H3,(H,18,20)(H,21,22). The first-order valence-corrected chi connectivity index (χ1v) is 7.73. The molecule has 1 aliphatic heterocycles. The van der Waals surface area contributed by atoms with Crippen LogP contribution in [0.5, 0.6) is 0 Å². The van der Waals surface area contributed by atoms with Gasteiger partial charge in [0, 0.05) is 25.0 Å². The fraction of sp³-hybridized carbons (Fsp3) is 0.412. The van der Waals surface area contributed by atoms with Crippen molar-refractivity contribution in [1.29, 1.82) is 0 Å². The summed E-state index contributed by atoms with van der Waals surface area (Å²) in [5.74, 6) is -0.833. The van der Waals surface area contributed by atoms with Gasteiger partial charge >= 0.3 is 5.97 Å². The summed E-state index contributed by atoms with van der Waals surface area (Å²) < 4.78 is 5.27. The molecule has 1 atom stereocenters. The fourth-order valence-electron chi connectivity index (χ4n) is 3.17. The summed E-state index contributed by atoms with van der Waals surface area (Å²) in [6, 6.07) is 7.02. The molecule has 1 aromatic carbocycles. The number of hydrogen-bond acceptors (Lipinski definition) is 4. The summed E-state index contributed by atoms with van der Waals surface area (Å²) in [6.45, 7) is 6.19. The van der Waals surface area contributed by atoms with E-state index in [1.165, 1.54) is 6.07 Å². The lowest BCUT2D eigenvalue weighted by atomic mass is 9.99. The Kier molecular flexibility index (Phi) is 4.09. The number of rotatable bonds is 4. The van der Waals surface area contributed by atoms with Crippen molar-refractivity contribution in [2.45, 2.75) is 26.4 Å². The van der Waals surface area contributed by atoms with Gasteiger partial charge in [-0.2, -0.15) is 0 Å². The second-order valence-electron chi connectivity index (χ2n) is 6.24. The molecule has 6 nitrogen and oxygen atoms in total. The molecule has 1 saturated heterocycles. The minimum Gasteiger partial charge on any atom is -0.475 e. The largest absolute Gasteiger partial charge is 0.475 e. The number of carbonyl (C=O) groups is 2. The van der Waals surface area contributed by atoms with Gasteiger partial charge in [-0.25, -0.2) is 4.79 Å². The molecule has 0 saturated carbocycles. The quantitative estimate of drug-likeness (QED) is 0.902. The summed E-state index contributed by atoms with van der Waals surface area (Å²) in [6.07, 6.45) is 0. The molecule has 3 rings (SSSR count). The Bertz CT molecular complexity index is 750. The summed E-state index contributed by atoms with van der Waals surface area (Å²) in [4.78, 5) is 25.2. The van der Waals surface area contributed by atoms with Crippen LogP contribution < -0.4 is 5.32 Å². The molecule has 1 amide bonds. The van der Waals surface area contributed by atoms with E-state index in [0.29, 0.717) is 18.7 Å². The Labute approximate surface area is 134 Å². The van der Waals surface area contributed by atoms with Gasteiger partial charge in [-0.1, -0.05) is 19.9 Å². The predicted octanol–water partition coefficient (Wildman–Crippen LogP) is 2.09. The maximum absolute atomic E-state index is 12.1. The number of benzene rings is 1. The second kappa shape index (κ2) is 6.04. The molecule has 2 heterocycles. The number of carboxylic acid groups (broad SMARTS) is 1. The first-order chi connectivity index (χ1) is 11.0. The zero-order chi connectivity index (χ0) is 16.6. The van der Waals surface area contributed by atoms with Gasteiger partial charge in [0.1, 0.15) is 5.58 Å². The van der Waals surface area contributed by atoms with Gasteiger partial charge in [0.15, 0.2) is 0 Å². The number of aromatic carboxylic acids is 1. The average Bonchev–Trinajstić information content (AvgIpc) is 2.90. The molecule has 2 N–H and O–H groups in total. The number of fused-ring (bicyclic) bond motifs is 1. The third-order valence-corrected chi connectivity index (χ3v) is 4.17. The van der Waals surface area contributed by atoms with Gasteiger partial charge in [0.2, 0.25) is 11.7 Å². The number of carboxylic acids is 1. The Morgan fingerprint density at radius 2 is 2.22 bits per heavy atom. The summed E-state index contributed by atoms with van der Waals surface area (Å²) in [5.41, 5.74) is 1.60. The number of furan rings is 1. The van der Waals surface area contributed by atoms with E-state index in [4.69, 9.17) is 9.52 Å². The lowest BCUT2D eigenvalue weighted by molar-refractivity contribution is -0.131. The predicted molar refractivity (Wildman–Crippen MR) is 85.2 cm³/mol. The molecule has 1 aliphatic rings. The molecule has 122 valence electrons. The Morgan fingerprint density at radius 1 is 1.43 bits per heavy atom. The van der Waals surface area contributed by atoms with E-state index in [9.17, 15) is 9.59 Å².